The topological polar surface area (TPSA) is 59.8 Å². The van der Waals surface area contributed by atoms with Crippen LogP contribution < -0.4 is 5.32 Å². The number of carbonyl (C=O) groups excluding carboxylic acids is 1. The van der Waals surface area contributed by atoms with E-state index in [1.54, 1.807) is 6.33 Å². The first-order valence-electron chi connectivity index (χ1n) is 8.03. The molecule has 3 aromatic rings. The molecule has 2 atom stereocenters. The molecule has 0 aliphatic heterocycles. The Morgan fingerprint density at radius 1 is 1.12 bits per heavy atom. The van der Waals surface area contributed by atoms with Gasteiger partial charge < -0.3 is 9.88 Å². The lowest BCUT2D eigenvalue weighted by molar-refractivity contribution is -0.117. The highest BCUT2D eigenvalue weighted by atomic mass is 16.2. The lowest BCUT2D eigenvalue weighted by Gasteiger charge is -2.10. The van der Waals surface area contributed by atoms with E-state index in [9.17, 15) is 4.79 Å². The van der Waals surface area contributed by atoms with Crippen LogP contribution in [-0.4, -0.2) is 20.7 Å². The Kier molecular flexibility index (Phi) is 3.61. The van der Waals surface area contributed by atoms with E-state index in [1.807, 2.05) is 54.1 Å². The molecule has 2 aromatic carbocycles. The van der Waals surface area contributed by atoms with Gasteiger partial charge in [0.15, 0.2) is 5.82 Å². The van der Waals surface area contributed by atoms with E-state index >= 15 is 0 Å². The molecule has 1 aliphatic rings. The van der Waals surface area contributed by atoms with Crippen molar-refractivity contribution in [2.45, 2.75) is 12.3 Å². The van der Waals surface area contributed by atoms with Crippen LogP contribution in [0.2, 0.25) is 0 Å². The summed E-state index contributed by atoms with van der Waals surface area (Å²) in [7, 11) is 1.89. The maximum absolute atomic E-state index is 12.6. The van der Waals surface area contributed by atoms with Crippen LogP contribution in [0.1, 0.15) is 17.9 Å². The van der Waals surface area contributed by atoms with Gasteiger partial charge in [0, 0.05) is 18.5 Å². The minimum absolute atomic E-state index is 0.0416. The molecule has 1 aliphatic carbocycles. The number of aryl methyl sites for hydroxylation is 1. The Morgan fingerprint density at radius 3 is 2.62 bits per heavy atom. The molecule has 24 heavy (non-hydrogen) atoms. The Bertz CT molecular complexity index is 872. The number of carbonyl (C=O) groups is 1. The first-order chi connectivity index (χ1) is 11.7. The molecule has 2 unspecified atom stereocenters. The number of hydrogen-bond acceptors (Lipinski definition) is 3. The second-order valence-electron chi connectivity index (χ2n) is 6.16. The minimum Gasteiger partial charge on any atom is -0.325 e. The fourth-order valence-corrected chi connectivity index (χ4v) is 3.09. The van der Waals surface area contributed by atoms with Gasteiger partial charge in [0.25, 0.3) is 0 Å². The van der Waals surface area contributed by atoms with Crippen molar-refractivity contribution < 1.29 is 4.79 Å². The highest BCUT2D eigenvalue weighted by molar-refractivity contribution is 5.98. The normalized spacial score (nSPS) is 19.0. The molecule has 1 amide bonds. The highest BCUT2D eigenvalue weighted by Crippen LogP contribution is 2.48. The Balaban J connectivity index is 1.53. The van der Waals surface area contributed by atoms with Crippen molar-refractivity contribution in [1.29, 1.82) is 0 Å². The molecule has 0 bridgehead atoms. The van der Waals surface area contributed by atoms with Crippen LogP contribution in [0.3, 0.4) is 0 Å². The third-order valence-corrected chi connectivity index (χ3v) is 4.49. The molecular weight excluding hydrogens is 300 g/mol. The van der Waals surface area contributed by atoms with E-state index in [1.165, 1.54) is 5.56 Å². The van der Waals surface area contributed by atoms with Crippen LogP contribution in [0.4, 0.5) is 5.69 Å². The van der Waals surface area contributed by atoms with E-state index < -0.39 is 0 Å². The lowest BCUT2D eigenvalue weighted by Crippen LogP contribution is -2.15. The Hall–Kier alpha value is -2.95. The van der Waals surface area contributed by atoms with Gasteiger partial charge in [-0.25, -0.2) is 0 Å². The third-order valence-electron chi connectivity index (χ3n) is 4.49. The molecule has 0 spiro atoms. The zero-order valence-corrected chi connectivity index (χ0v) is 13.4. The zero-order valence-electron chi connectivity index (χ0n) is 13.4. The van der Waals surface area contributed by atoms with Crippen molar-refractivity contribution in [3.8, 4) is 11.4 Å². The summed E-state index contributed by atoms with van der Waals surface area (Å²) in [6.45, 7) is 0. The molecule has 120 valence electrons. The molecule has 0 saturated heterocycles. The van der Waals surface area contributed by atoms with Crippen molar-refractivity contribution in [3.63, 3.8) is 0 Å². The fourth-order valence-electron chi connectivity index (χ4n) is 3.09. The molecule has 0 radical (unpaired) electrons. The van der Waals surface area contributed by atoms with Crippen molar-refractivity contribution in [2.75, 3.05) is 5.32 Å². The smallest absolute Gasteiger partial charge is 0.228 e. The molecular formula is C19H18N4O. The van der Waals surface area contributed by atoms with Gasteiger partial charge in [0.2, 0.25) is 5.91 Å². The zero-order chi connectivity index (χ0) is 16.5. The number of nitrogens with one attached hydrogen (secondary N) is 1. The average Bonchev–Trinajstić information content (AvgIpc) is 3.31. The number of nitrogens with zero attached hydrogens (tertiary/aromatic N) is 3. The Morgan fingerprint density at radius 2 is 1.88 bits per heavy atom. The summed E-state index contributed by atoms with van der Waals surface area (Å²) in [5, 5.41) is 11.1. The summed E-state index contributed by atoms with van der Waals surface area (Å²) >= 11 is 0. The van der Waals surface area contributed by atoms with Crippen molar-refractivity contribution >= 4 is 11.6 Å². The quantitative estimate of drug-likeness (QED) is 0.803. The number of hydrogen-bond donors (Lipinski definition) is 1. The molecule has 1 aromatic heterocycles. The fraction of sp³-hybridized carbons (Fsp3) is 0.211. The molecule has 1 heterocycles. The maximum Gasteiger partial charge on any atom is 0.228 e. The molecule has 5 heteroatoms. The molecule has 1 N–H and O–H groups in total. The van der Waals surface area contributed by atoms with E-state index in [4.69, 9.17) is 0 Å². The second kappa shape index (κ2) is 5.92. The second-order valence-corrected chi connectivity index (χ2v) is 6.16. The largest absolute Gasteiger partial charge is 0.325 e. The predicted octanol–water partition coefficient (Wildman–Crippen LogP) is 3.22. The van der Waals surface area contributed by atoms with Gasteiger partial charge in [-0.2, -0.15) is 0 Å². The van der Waals surface area contributed by atoms with Crippen molar-refractivity contribution in [2.24, 2.45) is 13.0 Å². The summed E-state index contributed by atoms with van der Waals surface area (Å²) in [5.74, 6) is 1.17. The number of aromatic nitrogens is 3. The summed E-state index contributed by atoms with van der Waals surface area (Å²) in [4.78, 5) is 12.6. The van der Waals surface area contributed by atoms with Gasteiger partial charge >= 0.3 is 0 Å². The van der Waals surface area contributed by atoms with Crippen molar-refractivity contribution in [3.05, 3.63) is 66.5 Å². The summed E-state index contributed by atoms with van der Waals surface area (Å²) < 4.78 is 1.84. The van der Waals surface area contributed by atoms with Crippen LogP contribution in [0.15, 0.2) is 60.9 Å². The van der Waals surface area contributed by atoms with Gasteiger partial charge in [-0.3, -0.25) is 4.79 Å². The van der Waals surface area contributed by atoms with E-state index in [0.717, 1.165) is 23.5 Å². The first kappa shape index (κ1) is 14.6. The lowest BCUT2D eigenvalue weighted by atomic mass is 10.1. The average molecular weight is 318 g/mol. The molecule has 4 rings (SSSR count). The van der Waals surface area contributed by atoms with E-state index in [-0.39, 0.29) is 11.8 Å². The van der Waals surface area contributed by atoms with Crippen LogP contribution in [0, 0.1) is 5.92 Å². The minimum atomic E-state index is 0.0416. The predicted molar refractivity (Wildman–Crippen MR) is 92.4 cm³/mol. The van der Waals surface area contributed by atoms with Crippen molar-refractivity contribution in [1.82, 2.24) is 14.8 Å². The van der Waals surface area contributed by atoms with Crippen LogP contribution in [-0.2, 0) is 11.8 Å². The van der Waals surface area contributed by atoms with Crippen LogP contribution >= 0.6 is 0 Å². The van der Waals surface area contributed by atoms with Gasteiger partial charge in [-0.15, -0.1) is 10.2 Å². The molecule has 1 fully saturated rings. The molecule has 5 nitrogen and oxygen atoms in total. The summed E-state index contributed by atoms with van der Waals surface area (Å²) in [6.07, 6.45) is 2.56. The van der Waals surface area contributed by atoms with Gasteiger partial charge in [-0.1, -0.05) is 42.5 Å². The Labute approximate surface area is 140 Å². The van der Waals surface area contributed by atoms with Gasteiger partial charge in [0.05, 0.1) is 5.69 Å². The summed E-state index contributed by atoms with van der Waals surface area (Å²) in [6, 6.07) is 17.9. The summed E-state index contributed by atoms with van der Waals surface area (Å²) in [5.41, 5.74) is 2.89. The standard InChI is InChI=1S/C19H18N4O/c1-23-12-20-22-18(23)14-9-5-6-10-17(14)21-19(24)16-11-15(16)13-7-3-2-4-8-13/h2-10,12,15-16H,11H2,1H3,(H,21,24). The number of rotatable bonds is 4. The number of anilines is 1. The monoisotopic (exact) mass is 318 g/mol. The van der Waals surface area contributed by atoms with Gasteiger partial charge in [-0.05, 0) is 30.0 Å². The number of para-hydroxylation sites is 1. The van der Waals surface area contributed by atoms with E-state index in [2.05, 4.69) is 27.6 Å². The van der Waals surface area contributed by atoms with Gasteiger partial charge in [0.1, 0.15) is 6.33 Å². The maximum atomic E-state index is 12.6. The first-order valence-corrected chi connectivity index (χ1v) is 8.03. The molecule has 1 saturated carbocycles. The number of benzene rings is 2. The van der Waals surface area contributed by atoms with Crippen LogP contribution in [0.5, 0.6) is 0 Å². The third kappa shape index (κ3) is 2.69. The highest BCUT2D eigenvalue weighted by Gasteiger charge is 2.43. The SMILES string of the molecule is Cn1cnnc1-c1ccccc1NC(=O)C1CC1c1ccccc1. The van der Waals surface area contributed by atoms with E-state index in [0.29, 0.717) is 5.92 Å². The van der Waals surface area contributed by atoms with Crippen LogP contribution in [0.25, 0.3) is 11.4 Å². The number of amides is 1.